The number of carbonyl (C=O) groups excluding carboxylic acids is 1. The number of morpholine rings is 1. The highest BCUT2D eigenvalue weighted by Crippen LogP contribution is 2.28. The van der Waals surface area contributed by atoms with Gasteiger partial charge in [0.1, 0.15) is 0 Å². The van der Waals surface area contributed by atoms with Crippen LogP contribution in [0.2, 0.25) is 5.02 Å². The van der Waals surface area contributed by atoms with Crippen LogP contribution < -0.4 is 0 Å². The van der Waals surface area contributed by atoms with Crippen molar-refractivity contribution in [3.05, 3.63) is 35.2 Å². The minimum atomic E-state index is 0.195. The molecule has 8 heteroatoms. The van der Waals surface area contributed by atoms with E-state index in [1.807, 2.05) is 17.0 Å². The van der Waals surface area contributed by atoms with Gasteiger partial charge in [0.2, 0.25) is 17.6 Å². The number of nitrogens with zero attached hydrogens (tertiary/aromatic N) is 4. The molecular weight excluding hydrogens is 404 g/mol. The van der Waals surface area contributed by atoms with E-state index < -0.39 is 0 Å². The lowest BCUT2D eigenvalue weighted by molar-refractivity contribution is -0.138. The Balaban J connectivity index is 1.31. The molecule has 1 aliphatic carbocycles. The zero-order valence-electron chi connectivity index (χ0n) is 17.3. The summed E-state index contributed by atoms with van der Waals surface area (Å²) in [7, 11) is 0. The first kappa shape index (κ1) is 21.3. The van der Waals surface area contributed by atoms with Gasteiger partial charge < -0.3 is 14.2 Å². The average molecular weight is 433 g/mol. The predicted molar refractivity (Wildman–Crippen MR) is 114 cm³/mol. The summed E-state index contributed by atoms with van der Waals surface area (Å²) in [5.41, 5.74) is 0.863. The third kappa shape index (κ3) is 5.59. The Kier molecular flexibility index (Phi) is 7.36. The summed E-state index contributed by atoms with van der Waals surface area (Å²) in [6.45, 7) is 5.94. The van der Waals surface area contributed by atoms with Gasteiger partial charge in [-0.05, 0) is 43.5 Å². The number of halogens is 1. The largest absolute Gasteiger partial charge is 0.379 e. The van der Waals surface area contributed by atoms with E-state index in [1.54, 1.807) is 12.1 Å². The van der Waals surface area contributed by atoms with Gasteiger partial charge in [-0.25, -0.2) is 0 Å². The first-order chi connectivity index (χ1) is 14.7. The van der Waals surface area contributed by atoms with Gasteiger partial charge in [0.15, 0.2) is 0 Å². The van der Waals surface area contributed by atoms with E-state index in [0.717, 1.165) is 70.6 Å². The second kappa shape index (κ2) is 10.4. The lowest BCUT2D eigenvalue weighted by Gasteiger charge is -2.32. The van der Waals surface area contributed by atoms with Crippen molar-refractivity contribution in [2.45, 2.75) is 32.1 Å². The van der Waals surface area contributed by atoms with Crippen molar-refractivity contribution in [2.75, 3.05) is 45.9 Å². The van der Waals surface area contributed by atoms with Crippen LogP contribution in [0.3, 0.4) is 0 Å². The van der Waals surface area contributed by atoms with Crippen LogP contribution in [0.15, 0.2) is 28.8 Å². The Morgan fingerprint density at radius 1 is 1.17 bits per heavy atom. The third-order valence-corrected chi connectivity index (χ3v) is 6.19. The fourth-order valence-corrected chi connectivity index (χ4v) is 3.98. The van der Waals surface area contributed by atoms with Crippen LogP contribution in [0.25, 0.3) is 11.4 Å². The molecule has 4 rings (SSSR count). The van der Waals surface area contributed by atoms with E-state index in [2.05, 4.69) is 15.0 Å². The summed E-state index contributed by atoms with van der Waals surface area (Å²) in [5, 5.41) is 4.74. The molecule has 0 unspecified atom stereocenters. The third-order valence-electron chi connectivity index (χ3n) is 5.94. The van der Waals surface area contributed by atoms with Crippen molar-refractivity contribution in [1.29, 1.82) is 0 Å². The monoisotopic (exact) mass is 432 g/mol. The van der Waals surface area contributed by atoms with Crippen molar-refractivity contribution >= 4 is 17.5 Å². The second-order valence-electron chi connectivity index (χ2n) is 8.03. The smallest absolute Gasteiger partial charge is 0.228 e. The van der Waals surface area contributed by atoms with Gasteiger partial charge >= 0.3 is 0 Å². The lowest BCUT2D eigenvalue weighted by Crippen LogP contribution is -2.42. The normalized spacial score (nSPS) is 17.6. The molecule has 2 fully saturated rings. The minimum Gasteiger partial charge on any atom is -0.379 e. The maximum Gasteiger partial charge on any atom is 0.228 e. The summed E-state index contributed by atoms with van der Waals surface area (Å²) in [4.78, 5) is 21.8. The van der Waals surface area contributed by atoms with Gasteiger partial charge in [0, 0.05) is 55.6 Å². The Labute approximate surface area is 182 Å². The number of aromatic nitrogens is 2. The van der Waals surface area contributed by atoms with E-state index in [4.69, 9.17) is 20.9 Å². The highest BCUT2D eigenvalue weighted by Gasteiger charge is 2.29. The second-order valence-corrected chi connectivity index (χ2v) is 8.47. The Bertz CT molecular complexity index is 816. The molecule has 162 valence electrons. The molecule has 0 spiro atoms. The van der Waals surface area contributed by atoms with Crippen LogP contribution in [0, 0.1) is 5.92 Å². The van der Waals surface area contributed by atoms with Crippen LogP contribution in [0.5, 0.6) is 0 Å². The summed E-state index contributed by atoms with van der Waals surface area (Å²) in [6.07, 6.45) is 4.72. The number of rotatable bonds is 9. The van der Waals surface area contributed by atoms with E-state index in [9.17, 15) is 4.79 Å². The maximum atomic E-state index is 12.9. The quantitative estimate of drug-likeness (QED) is 0.605. The maximum absolute atomic E-state index is 12.9. The molecule has 30 heavy (non-hydrogen) atoms. The molecule has 1 saturated carbocycles. The number of carbonyl (C=O) groups is 1. The zero-order chi connectivity index (χ0) is 20.8. The number of ether oxygens (including phenoxy) is 1. The molecule has 7 nitrogen and oxygen atoms in total. The number of benzene rings is 1. The van der Waals surface area contributed by atoms with Crippen molar-refractivity contribution < 1.29 is 14.1 Å². The van der Waals surface area contributed by atoms with Crippen molar-refractivity contribution in [3.63, 3.8) is 0 Å². The van der Waals surface area contributed by atoms with Crippen molar-refractivity contribution in [1.82, 2.24) is 19.9 Å². The first-order valence-electron chi connectivity index (χ1n) is 10.9. The highest BCUT2D eigenvalue weighted by molar-refractivity contribution is 6.30. The molecule has 0 radical (unpaired) electrons. The molecule has 1 aromatic heterocycles. The molecule has 2 aliphatic rings. The SMILES string of the molecule is O=C(C1CCC1)N(CCCN1CCOCC1)CCc1nc(-c2ccc(Cl)cc2)no1. The lowest BCUT2D eigenvalue weighted by atomic mass is 9.84. The van der Waals surface area contributed by atoms with E-state index in [0.29, 0.717) is 29.7 Å². The molecule has 1 aliphatic heterocycles. The Morgan fingerprint density at radius 3 is 2.63 bits per heavy atom. The van der Waals surface area contributed by atoms with Gasteiger partial charge in [0.25, 0.3) is 0 Å². The predicted octanol–water partition coefficient (Wildman–Crippen LogP) is 3.28. The van der Waals surface area contributed by atoms with Crippen LogP contribution in [0.4, 0.5) is 0 Å². The topological polar surface area (TPSA) is 71.7 Å². The minimum absolute atomic E-state index is 0.195. The van der Waals surface area contributed by atoms with Gasteiger partial charge in [-0.2, -0.15) is 4.98 Å². The number of hydrogen-bond acceptors (Lipinski definition) is 6. The van der Waals surface area contributed by atoms with E-state index in [-0.39, 0.29) is 11.8 Å². The summed E-state index contributed by atoms with van der Waals surface area (Å²) in [5.74, 6) is 1.58. The summed E-state index contributed by atoms with van der Waals surface area (Å²) in [6, 6.07) is 7.35. The molecule has 1 aromatic carbocycles. The van der Waals surface area contributed by atoms with Crippen LogP contribution in [-0.4, -0.2) is 71.8 Å². The number of hydrogen-bond donors (Lipinski definition) is 0. The summed E-state index contributed by atoms with van der Waals surface area (Å²) >= 11 is 5.94. The molecule has 0 atom stereocenters. The Morgan fingerprint density at radius 2 is 1.93 bits per heavy atom. The zero-order valence-corrected chi connectivity index (χ0v) is 18.0. The molecule has 1 amide bonds. The fourth-order valence-electron chi connectivity index (χ4n) is 3.86. The van der Waals surface area contributed by atoms with Crippen LogP contribution in [0.1, 0.15) is 31.6 Å². The van der Waals surface area contributed by atoms with Gasteiger partial charge in [0.05, 0.1) is 13.2 Å². The standard InChI is InChI=1S/C22H29ClN4O3/c23-19-7-5-17(6-8-19)21-24-20(30-25-21)9-12-27(22(28)18-3-1-4-18)11-2-10-26-13-15-29-16-14-26/h5-8,18H,1-4,9-16H2. The van der Waals surface area contributed by atoms with E-state index in [1.165, 1.54) is 0 Å². The van der Waals surface area contributed by atoms with Crippen LogP contribution in [-0.2, 0) is 16.0 Å². The highest BCUT2D eigenvalue weighted by atomic mass is 35.5. The van der Waals surface area contributed by atoms with Gasteiger partial charge in [-0.3, -0.25) is 9.69 Å². The molecule has 0 N–H and O–H groups in total. The van der Waals surface area contributed by atoms with Gasteiger partial charge in [-0.1, -0.05) is 23.2 Å². The molecule has 0 bridgehead atoms. The average Bonchev–Trinajstić information content (AvgIpc) is 3.19. The molecular formula is C22H29ClN4O3. The molecule has 2 aromatic rings. The summed E-state index contributed by atoms with van der Waals surface area (Å²) < 4.78 is 10.8. The van der Waals surface area contributed by atoms with Crippen LogP contribution >= 0.6 is 11.6 Å². The Hall–Kier alpha value is -1.96. The molecule has 1 saturated heterocycles. The van der Waals surface area contributed by atoms with Gasteiger partial charge in [-0.15, -0.1) is 0 Å². The molecule has 2 heterocycles. The van der Waals surface area contributed by atoms with Crippen molar-refractivity contribution in [3.8, 4) is 11.4 Å². The number of amides is 1. The fraction of sp³-hybridized carbons (Fsp3) is 0.591. The van der Waals surface area contributed by atoms with E-state index >= 15 is 0 Å². The van der Waals surface area contributed by atoms with Crippen molar-refractivity contribution in [2.24, 2.45) is 5.92 Å². The first-order valence-corrected chi connectivity index (χ1v) is 11.2.